The van der Waals surface area contributed by atoms with E-state index in [1.165, 1.54) is 243 Å². The second kappa shape index (κ2) is 27.9. The predicted octanol–water partition coefficient (Wildman–Crippen LogP) is 29.3. The van der Waals surface area contributed by atoms with Gasteiger partial charge in [-0.3, -0.25) is 17.6 Å². The van der Waals surface area contributed by atoms with Gasteiger partial charge in [-0.1, -0.05) is 231 Å². The number of hydrogen-bond acceptors (Lipinski definition) is 8. The Hall–Kier alpha value is -18.0. The van der Waals surface area contributed by atoms with Gasteiger partial charge in [0.25, 0.3) is 0 Å². The minimum atomic E-state index is 0.933. The van der Waals surface area contributed by atoms with Crippen LogP contribution in [0, 0.1) is 0 Å². The molecular formula is C128H76N12. The topological polar surface area (TPSA) is 121 Å². The first-order chi connectivity index (χ1) is 69.4. The summed E-state index contributed by atoms with van der Waals surface area (Å²) < 4.78 is 9.04. The zero-order valence-corrected chi connectivity index (χ0v) is 75.7. The van der Waals surface area contributed by atoms with Gasteiger partial charge in [0.2, 0.25) is 0 Å². The highest BCUT2D eigenvalue weighted by Gasteiger charge is 2.37. The molecule has 0 amide bonds. The van der Waals surface area contributed by atoms with Gasteiger partial charge in [-0.15, -0.1) is 0 Å². The Bertz CT molecular complexity index is 10600. The number of nitrogens with zero attached hydrogens (tertiary/aromatic N) is 12. The van der Waals surface area contributed by atoms with Gasteiger partial charge >= 0.3 is 0 Å². The molecule has 0 saturated carbocycles. The Morgan fingerprint density at radius 1 is 0.157 bits per heavy atom. The van der Waals surface area contributed by atoms with Crippen molar-refractivity contribution < 1.29 is 0 Å². The molecule has 12 aromatic heterocycles. The van der Waals surface area contributed by atoms with Crippen LogP contribution in [0.2, 0.25) is 0 Å². The molecule has 648 valence electrons. The molecule has 8 aliphatic carbocycles. The minimum absolute atomic E-state index is 0.933. The number of benzene rings is 16. The van der Waals surface area contributed by atoms with Crippen LogP contribution in [0.1, 0.15) is 89.0 Å². The fraction of sp³-hybridized carbons (Fsp3) is 0.0625. The van der Waals surface area contributed by atoms with E-state index in [-0.39, 0.29) is 0 Å². The van der Waals surface area contributed by atoms with E-state index in [9.17, 15) is 0 Å². The molecule has 140 heavy (non-hydrogen) atoms. The van der Waals surface area contributed by atoms with E-state index < -0.39 is 0 Å². The molecule has 0 N–H and O–H groups in total. The lowest BCUT2D eigenvalue weighted by Gasteiger charge is -2.12. The number of rotatable bonds is 0. The molecule has 12 heteroatoms. The van der Waals surface area contributed by atoms with Crippen molar-refractivity contribution in [2.24, 2.45) is 0 Å². The largest absolute Gasteiger partial charge is 0.276 e. The number of pyridine rings is 8. The van der Waals surface area contributed by atoms with Crippen molar-refractivity contribution in [3.05, 3.63) is 454 Å². The molecule has 0 saturated heterocycles. The summed E-state index contributed by atoms with van der Waals surface area (Å²) in [6, 6.07) is 123. The second-order valence-corrected chi connectivity index (χ2v) is 39.2. The molecular weight excluding hydrogens is 1710 g/mol. The van der Waals surface area contributed by atoms with Crippen molar-refractivity contribution >= 4 is 154 Å². The van der Waals surface area contributed by atoms with Crippen molar-refractivity contribution in [2.75, 3.05) is 0 Å². The lowest BCUT2D eigenvalue weighted by Crippen LogP contribution is -1.96. The van der Waals surface area contributed by atoms with Gasteiger partial charge in [0.1, 0.15) is 45.2 Å². The van der Waals surface area contributed by atoms with E-state index in [2.05, 4.69) is 333 Å². The van der Waals surface area contributed by atoms with Crippen molar-refractivity contribution in [2.45, 2.75) is 51.4 Å². The summed E-state index contributed by atoms with van der Waals surface area (Å²) >= 11 is 0. The van der Waals surface area contributed by atoms with E-state index >= 15 is 0 Å². The van der Waals surface area contributed by atoms with E-state index in [0.717, 1.165) is 141 Å². The molecule has 0 radical (unpaired) electrons. The average molecular weight is 1780 g/mol. The summed E-state index contributed by atoms with van der Waals surface area (Å²) in [4.78, 5) is 39.9. The van der Waals surface area contributed by atoms with E-state index in [0.29, 0.717) is 0 Å². The zero-order valence-electron chi connectivity index (χ0n) is 75.7. The predicted molar refractivity (Wildman–Crippen MR) is 568 cm³/mol. The smallest absolute Gasteiger partial charge is 0.147 e. The summed E-state index contributed by atoms with van der Waals surface area (Å²) in [7, 11) is 0. The first kappa shape index (κ1) is 75.3. The summed E-state index contributed by atoms with van der Waals surface area (Å²) in [6.07, 6.45) is 15.4. The second-order valence-electron chi connectivity index (χ2n) is 39.2. The van der Waals surface area contributed by atoms with Gasteiger partial charge < -0.3 is 0 Å². The molecule has 0 aliphatic heterocycles. The van der Waals surface area contributed by atoms with Crippen LogP contribution in [0.15, 0.2) is 365 Å². The Morgan fingerprint density at radius 2 is 0.421 bits per heavy atom. The third kappa shape index (κ3) is 10.2. The van der Waals surface area contributed by atoms with Crippen LogP contribution in [0.5, 0.6) is 0 Å². The first-order valence-corrected chi connectivity index (χ1v) is 48.8. The molecule has 0 unspecified atom stereocenters. The van der Waals surface area contributed by atoms with Gasteiger partial charge in [0.15, 0.2) is 0 Å². The fourth-order valence-corrected chi connectivity index (χ4v) is 26.6. The van der Waals surface area contributed by atoms with Gasteiger partial charge in [0, 0.05) is 74.3 Å². The Labute approximate surface area is 799 Å². The summed E-state index contributed by atoms with van der Waals surface area (Å²) in [6.45, 7) is 0. The van der Waals surface area contributed by atoms with Crippen molar-refractivity contribution in [1.29, 1.82) is 0 Å². The lowest BCUT2D eigenvalue weighted by molar-refractivity contribution is 1.17. The molecule has 28 aromatic rings. The Balaban J connectivity index is 0.0000000829. The molecule has 12 heterocycles. The standard InChI is InChI=1S/4C32H19N3/c1-2-7-20-18(6-1)16-25-21(20)12-11-19-17-26-23(29(19)25)14-13-22-24-8-5-15-33-31(24)35-28-10-4-3-9-27(28)34-32(35)30(22)26;1-2-7-20-18(6-1)16-19-11-12-21-22-13-14-23-24-8-5-15-33-31(24)35-28-10-4-3-9-27(28)34-32(35)30(23)26(22)17-25(21)29(19)20;1-2-7-19-18(6-1)16-25-20(19)11-12-21-22-13-14-23-24-8-5-15-33-31(24)35-29-10-4-3-9-28(29)34-32(35)30(23)27(22)17-26(21)25;1-2-7-21-18(6-1)14-19-15-26-20(16-25(19)21)17-27-22(26)11-12-23-24-8-5-13-33-31(24)35-29-10-4-3-9-28(29)34-32(35)30(23)27/h3*1-15H,16-17H2;1-13,15-16H,14,17H2. The van der Waals surface area contributed by atoms with Gasteiger partial charge in [0.05, 0.1) is 44.1 Å². The molecule has 0 atom stereocenters. The Kier molecular flexibility index (Phi) is 15.0. The highest BCUT2D eigenvalue weighted by molar-refractivity contribution is 6.22. The molecule has 16 aromatic carbocycles. The first-order valence-electron chi connectivity index (χ1n) is 48.8. The van der Waals surface area contributed by atoms with Crippen LogP contribution in [-0.2, 0) is 51.4 Å². The van der Waals surface area contributed by atoms with Crippen LogP contribution in [-0.4, -0.2) is 57.5 Å². The molecule has 0 spiro atoms. The van der Waals surface area contributed by atoms with E-state index in [1.54, 1.807) is 0 Å². The normalized spacial score (nSPS) is 13.5. The maximum Gasteiger partial charge on any atom is 0.147 e. The van der Waals surface area contributed by atoms with Crippen LogP contribution < -0.4 is 0 Å². The minimum Gasteiger partial charge on any atom is -0.276 e. The van der Waals surface area contributed by atoms with Gasteiger partial charge in [-0.25, -0.2) is 39.9 Å². The maximum absolute atomic E-state index is 5.17. The number of hydrogen-bond donors (Lipinski definition) is 0. The summed E-state index contributed by atoms with van der Waals surface area (Å²) in [5, 5.41) is 14.7. The number of fused-ring (bicyclic) bond motifs is 63. The van der Waals surface area contributed by atoms with Crippen molar-refractivity contribution in [3.8, 4) is 89.0 Å². The van der Waals surface area contributed by atoms with E-state index in [1.807, 2.05) is 49.1 Å². The average Bonchev–Trinajstić information content (AvgIpc) is 1.55. The lowest BCUT2D eigenvalue weighted by atomic mass is 9.94. The number of imidazole rings is 4. The highest BCUT2D eigenvalue weighted by atomic mass is 15.1. The summed E-state index contributed by atoms with van der Waals surface area (Å²) in [5.74, 6) is 0. The van der Waals surface area contributed by atoms with Gasteiger partial charge in [-0.2, -0.15) is 0 Å². The van der Waals surface area contributed by atoms with E-state index in [4.69, 9.17) is 39.9 Å². The fourth-order valence-electron chi connectivity index (χ4n) is 26.6. The van der Waals surface area contributed by atoms with Crippen LogP contribution in [0.25, 0.3) is 243 Å². The monoisotopic (exact) mass is 1780 g/mol. The maximum atomic E-state index is 5.17. The highest BCUT2D eigenvalue weighted by Crippen LogP contribution is 2.57. The Morgan fingerprint density at radius 3 is 0.886 bits per heavy atom. The van der Waals surface area contributed by atoms with Crippen molar-refractivity contribution in [1.82, 2.24) is 57.5 Å². The van der Waals surface area contributed by atoms with Gasteiger partial charge in [-0.05, 0) is 354 Å². The quantitative estimate of drug-likeness (QED) is 0.138. The molecule has 12 nitrogen and oxygen atoms in total. The van der Waals surface area contributed by atoms with Crippen LogP contribution in [0.3, 0.4) is 0 Å². The molecule has 8 aliphatic rings. The molecule has 0 fully saturated rings. The number of aromatic nitrogens is 12. The SMILES string of the molecule is c1ccc2c(c1)Cc1c-2ccc2c1-c1ccc3c4cccnc4n4c5ccccc5nc4c3c1C2.c1ccc2c(c1)Cc1c-2ccc2c1Cc1c-2ccc2c3cccnc3n3c4ccccc4nc3c12.c1ccc2c(c1)Cc1cc3c(cc1-2)Cc1c-3ccc2c3cccnc3n3c4ccccc4nc3c12.c1ccc2c(c1)Cc1ccc3c(c1-2)Cc1c-3ccc2c3cccnc3n3c4ccccc4nc3c12. The third-order valence-electron chi connectivity index (χ3n) is 32.4. The zero-order chi connectivity index (χ0) is 90.7. The van der Waals surface area contributed by atoms with Crippen LogP contribution >= 0.6 is 0 Å². The molecule has 0 bridgehead atoms. The summed E-state index contributed by atoms with van der Waals surface area (Å²) in [5.41, 5.74) is 61.6. The number of para-hydroxylation sites is 8. The van der Waals surface area contributed by atoms with Crippen LogP contribution in [0.4, 0.5) is 0 Å². The van der Waals surface area contributed by atoms with Crippen molar-refractivity contribution in [3.63, 3.8) is 0 Å². The third-order valence-corrected chi connectivity index (χ3v) is 32.4. The molecule has 36 rings (SSSR count).